The molecule has 1 aromatic heterocycles. The second kappa shape index (κ2) is 5.27. The first-order chi connectivity index (χ1) is 9.33. The van der Waals surface area contributed by atoms with Crippen LogP contribution in [0.25, 0.3) is 10.9 Å². The highest BCUT2D eigenvalue weighted by Crippen LogP contribution is 2.32. The van der Waals surface area contributed by atoms with Gasteiger partial charge in [0.15, 0.2) is 5.82 Å². The van der Waals surface area contributed by atoms with E-state index in [4.69, 9.17) is 5.73 Å². The fraction of sp³-hybridized carbons (Fsp3) is 0.438. The Balaban J connectivity index is 2.40. The normalized spacial score (nSPS) is 12.1. The van der Waals surface area contributed by atoms with E-state index in [2.05, 4.69) is 38.0 Å². The summed E-state index contributed by atoms with van der Waals surface area (Å²) in [5.74, 6) is 0.138. The Hall–Kier alpha value is -1.84. The van der Waals surface area contributed by atoms with E-state index < -0.39 is 0 Å². The molecule has 3 N–H and O–H groups in total. The molecule has 0 saturated heterocycles. The molecular formula is C16H22FN3. The molecule has 0 amide bonds. The average molecular weight is 275 g/mol. The lowest BCUT2D eigenvalue weighted by Gasteiger charge is -2.30. The van der Waals surface area contributed by atoms with Crippen molar-refractivity contribution < 1.29 is 4.39 Å². The number of pyridine rings is 1. The minimum absolute atomic E-state index is 0.0644. The zero-order valence-corrected chi connectivity index (χ0v) is 12.5. The molecule has 3 nitrogen and oxygen atoms in total. The minimum Gasteiger partial charge on any atom is -0.398 e. The molecule has 0 aliphatic carbocycles. The molecule has 2 aromatic rings. The Labute approximate surface area is 119 Å². The Morgan fingerprint density at radius 3 is 2.75 bits per heavy atom. The lowest BCUT2D eigenvalue weighted by atomic mass is 9.81. The third-order valence-electron chi connectivity index (χ3n) is 4.16. The summed E-state index contributed by atoms with van der Waals surface area (Å²) in [6.45, 7) is 9.33. The molecule has 1 heterocycles. The number of hydrogen-bond acceptors (Lipinski definition) is 3. The van der Waals surface area contributed by atoms with Crippen LogP contribution in [0, 0.1) is 17.2 Å². The molecule has 2 rings (SSSR count). The summed E-state index contributed by atoms with van der Waals surface area (Å²) < 4.78 is 14.2. The van der Waals surface area contributed by atoms with E-state index in [-0.39, 0.29) is 11.2 Å². The van der Waals surface area contributed by atoms with Gasteiger partial charge in [-0.2, -0.15) is 0 Å². The second-order valence-corrected chi connectivity index (χ2v) is 6.22. The van der Waals surface area contributed by atoms with Crippen molar-refractivity contribution in [3.8, 4) is 0 Å². The van der Waals surface area contributed by atoms with Crippen molar-refractivity contribution in [1.82, 2.24) is 4.98 Å². The summed E-state index contributed by atoms with van der Waals surface area (Å²) in [6, 6.07) is 5.02. The maximum absolute atomic E-state index is 14.2. The van der Waals surface area contributed by atoms with E-state index in [1.807, 2.05) is 6.07 Å². The van der Waals surface area contributed by atoms with Crippen LogP contribution < -0.4 is 11.1 Å². The third kappa shape index (κ3) is 2.69. The van der Waals surface area contributed by atoms with Crippen LogP contribution in [0.15, 0.2) is 24.4 Å². The number of nitrogens with one attached hydrogen (secondary N) is 1. The van der Waals surface area contributed by atoms with Gasteiger partial charge in [0.25, 0.3) is 0 Å². The molecule has 0 saturated carbocycles. The average Bonchev–Trinajstić information content (AvgIpc) is 2.38. The van der Waals surface area contributed by atoms with Crippen LogP contribution in [-0.2, 0) is 0 Å². The van der Waals surface area contributed by atoms with Gasteiger partial charge in [-0.25, -0.2) is 4.39 Å². The first-order valence-corrected chi connectivity index (χ1v) is 6.89. The molecule has 108 valence electrons. The van der Waals surface area contributed by atoms with Gasteiger partial charge in [-0.15, -0.1) is 0 Å². The van der Waals surface area contributed by atoms with E-state index in [9.17, 15) is 4.39 Å². The zero-order valence-electron chi connectivity index (χ0n) is 12.5. The van der Waals surface area contributed by atoms with Crippen LogP contribution in [0.4, 0.5) is 15.8 Å². The molecule has 0 unspecified atom stereocenters. The topological polar surface area (TPSA) is 50.9 Å². The van der Waals surface area contributed by atoms with Gasteiger partial charge in [-0.05, 0) is 29.5 Å². The SMILES string of the molecule is CC(C)C(C)(C)CNc1c(F)cc(N)c2cccnc12. The molecule has 0 spiro atoms. The van der Waals surface area contributed by atoms with E-state index in [0.717, 1.165) is 5.39 Å². The van der Waals surface area contributed by atoms with Crippen LogP contribution in [0.3, 0.4) is 0 Å². The number of anilines is 2. The number of hydrogen-bond donors (Lipinski definition) is 2. The fourth-order valence-electron chi connectivity index (χ4n) is 1.93. The molecule has 20 heavy (non-hydrogen) atoms. The largest absolute Gasteiger partial charge is 0.398 e. The van der Waals surface area contributed by atoms with Crippen LogP contribution in [0.2, 0.25) is 0 Å². The Kier molecular flexibility index (Phi) is 3.84. The van der Waals surface area contributed by atoms with Gasteiger partial charge in [0, 0.05) is 23.8 Å². The smallest absolute Gasteiger partial charge is 0.150 e. The van der Waals surface area contributed by atoms with Gasteiger partial charge >= 0.3 is 0 Å². The van der Waals surface area contributed by atoms with Gasteiger partial charge in [0.2, 0.25) is 0 Å². The molecule has 0 radical (unpaired) electrons. The number of benzene rings is 1. The van der Waals surface area contributed by atoms with Gasteiger partial charge in [0.1, 0.15) is 0 Å². The molecular weight excluding hydrogens is 253 g/mol. The van der Waals surface area contributed by atoms with E-state index in [1.54, 1.807) is 12.3 Å². The lowest BCUT2D eigenvalue weighted by molar-refractivity contribution is 0.269. The number of halogens is 1. The summed E-state index contributed by atoms with van der Waals surface area (Å²) in [6.07, 6.45) is 1.65. The van der Waals surface area contributed by atoms with Crippen molar-refractivity contribution in [2.75, 3.05) is 17.6 Å². The van der Waals surface area contributed by atoms with Crippen molar-refractivity contribution in [2.45, 2.75) is 27.7 Å². The number of nitrogen functional groups attached to an aromatic ring is 1. The molecule has 0 bridgehead atoms. The lowest BCUT2D eigenvalue weighted by Crippen LogP contribution is -2.28. The zero-order chi connectivity index (χ0) is 14.9. The third-order valence-corrected chi connectivity index (χ3v) is 4.16. The monoisotopic (exact) mass is 275 g/mol. The van der Waals surface area contributed by atoms with Crippen molar-refractivity contribution in [3.63, 3.8) is 0 Å². The number of nitrogens with zero attached hydrogens (tertiary/aromatic N) is 1. The van der Waals surface area contributed by atoms with E-state index in [0.29, 0.717) is 29.4 Å². The maximum atomic E-state index is 14.2. The molecule has 4 heteroatoms. The summed E-state index contributed by atoms with van der Waals surface area (Å²) >= 11 is 0. The number of nitrogens with two attached hydrogens (primary N) is 1. The van der Waals surface area contributed by atoms with Gasteiger partial charge in [0.05, 0.1) is 11.2 Å². The first kappa shape index (κ1) is 14.6. The number of rotatable bonds is 4. The Morgan fingerprint density at radius 2 is 2.10 bits per heavy atom. The highest BCUT2D eigenvalue weighted by Gasteiger charge is 2.23. The van der Waals surface area contributed by atoms with Crippen LogP contribution >= 0.6 is 0 Å². The van der Waals surface area contributed by atoms with Crippen LogP contribution in [0.5, 0.6) is 0 Å². The summed E-state index contributed by atoms with van der Waals surface area (Å²) in [5.41, 5.74) is 7.35. The van der Waals surface area contributed by atoms with Crippen molar-refractivity contribution in [3.05, 3.63) is 30.2 Å². The van der Waals surface area contributed by atoms with Crippen molar-refractivity contribution in [1.29, 1.82) is 0 Å². The molecule has 0 fully saturated rings. The number of fused-ring (bicyclic) bond motifs is 1. The molecule has 0 aliphatic rings. The number of aromatic nitrogens is 1. The van der Waals surface area contributed by atoms with Gasteiger partial charge in [-0.1, -0.05) is 27.7 Å². The maximum Gasteiger partial charge on any atom is 0.150 e. The highest BCUT2D eigenvalue weighted by atomic mass is 19.1. The highest BCUT2D eigenvalue weighted by molar-refractivity contribution is 5.98. The van der Waals surface area contributed by atoms with Crippen molar-refractivity contribution >= 4 is 22.3 Å². The summed E-state index contributed by atoms with van der Waals surface area (Å²) in [7, 11) is 0. The Bertz CT molecular complexity index is 620. The van der Waals surface area contributed by atoms with Gasteiger partial charge < -0.3 is 11.1 Å². The van der Waals surface area contributed by atoms with Crippen molar-refractivity contribution in [2.24, 2.45) is 11.3 Å². The quantitative estimate of drug-likeness (QED) is 0.828. The van der Waals surface area contributed by atoms with Gasteiger partial charge in [-0.3, -0.25) is 4.98 Å². The predicted octanol–water partition coefficient (Wildman–Crippen LogP) is 4.05. The summed E-state index contributed by atoms with van der Waals surface area (Å²) in [5, 5.41) is 3.99. The van der Waals surface area contributed by atoms with E-state index in [1.165, 1.54) is 6.07 Å². The summed E-state index contributed by atoms with van der Waals surface area (Å²) in [4.78, 5) is 4.27. The van der Waals surface area contributed by atoms with Crippen LogP contribution in [-0.4, -0.2) is 11.5 Å². The Morgan fingerprint density at radius 1 is 1.40 bits per heavy atom. The second-order valence-electron chi connectivity index (χ2n) is 6.22. The minimum atomic E-state index is -0.353. The van der Waals surface area contributed by atoms with Crippen LogP contribution in [0.1, 0.15) is 27.7 Å². The fourth-order valence-corrected chi connectivity index (χ4v) is 1.93. The molecule has 0 atom stereocenters. The standard InChI is InChI=1S/C16H22FN3/c1-10(2)16(3,4)9-20-15-12(17)8-13(18)11-6-5-7-19-14(11)15/h5-8,10,20H,9,18H2,1-4H3. The van der Waals surface area contributed by atoms with E-state index >= 15 is 0 Å². The first-order valence-electron chi connectivity index (χ1n) is 6.89. The molecule has 0 aliphatic heterocycles. The molecule has 1 aromatic carbocycles. The predicted molar refractivity (Wildman–Crippen MR) is 83.2 cm³/mol.